The van der Waals surface area contributed by atoms with Crippen molar-refractivity contribution in [3.8, 4) is 5.75 Å². The lowest BCUT2D eigenvalue weighted by molar-refractivity contribution is -0.140. The van der Waals surface area contributed by atoms with E-state index >= 15 is 0 Å². The lowest BCUT2D eigenvalue weighted by Crippen LogP contribution is -2.09. The van der Waals surface area contributed by atoms with E-state index in [0.29, 0.717) is 11.1 Å². The zero-order chi connectivity index (χ0) is 12.6. The molecule has 0 aliphatic carbocycles. The van der Waals surface area contributed by atoms with Crippen molar-refractivity contribution in [3.63, 3.8) is 0 Å². The smallest absolute Gasteiger partial charge is 0.433 e. The summed E-state index contributed by atoms with van der Waals surface area (Å²) in [4.78, 5) is 3.52. The predicted molar refractivity (Wildman–Crippen MR) is 57.7 cm³/mol. The summed E-state index contributed by atoms with van der Waals surface area (Å²) in [6.45, 7) is 0. The normalized spacial score (nSPS) is 11.8. The summed E-state index contributed by atoms with van der Waals surface area (Å²) in [5.41, 5.74) is 4.81. The van der Waals surface area contributed by atoms with Gasteiger partial charge in [0.1, 0.15) is 11.4 Å². The Balaban J connectivity index is 2.68. The molecule has 0 spiro atoms. The van der Waals surface area contributed by atoms with Crippen LogP contribution >= 0.6 is 0 Å². The third kappa shape index (κ3) is 2.11. The van der Waals surface area contributed by atoms with Gasteiger partial charge in [-0.15, -0.1) is 0 Å². The number of halogens is 3. The van der Waals surface area contributed by atoms with Gasteiger partial charge >= 0.3 is 6.18 Å². The average Bonchev–Trinajstić information content (AvgIpc) is 2.27. The number of benzene rings is 1. The number of alkyl halides is 3. The maximum absolute atomic E-state index is 12.5. The SMILES string of the molecule is COc1ccc2nc(C(F)(F)F)cc(N)c2c1. The van der Waals surface area contributed by atoms with Crippen LogP contribution in [0.5, 0.6) is 5.75 Å². The first-order valence-corrected chi connectivity index (χ1v) is 4.73. The lowest BCUT2D eigenvalue weighted by Gasteiger charge is -2.10. The van der Waals surface area contributed by atoms with Gasteiger partial charge in [-0.1, -0.05) is 0 Å². The molecule has 0 aliphatic rings. The Morgan fingerprint density at radius 3 is 2.53 bits per heavy atom. The first-order chi connectivity index (χ1) is 7.91. The molecule has 6 heteroatoms. The number of hydrogen-bond acceptors (Lipinski definition) is 3. The highest BCUT2D eigenvalue weighted by Crippen LogP contribution is 2.32. The van der Waals surface area contributed by atoms with Gasteiger partial charge in [-0.25, -0.2) is 4.98 Å². The molecule has 3 nitrogen and oxygen atoms in total. The Labute approximate surface area is 95.0 Å². The first kappa shape index (κ1) is 11.5. The van der Waals surface area contributed by atoms with E-state index in [1.807, 2.05) is 0 Å². The fourth-order valence-corrected chi connectivity index (χ4v) is 1.50. The molecule has 0 aliphatic heterocycles. The maximum atomic E-state index is 12.5. The number of nitrogen functional groups attached to an aromatic ring is 1. The minimum absolute atomic E-state index is 0.0289. The summed E-state index contributed by atoms with van der Waals surface area (Å²) in [7, 11) is 1.47. The van der Waals surface area contributed by atoms with E-state index in [1.54, 1.807) is 6.07 Å². The quantitative estimate of drug-likeness (QED) is 0.836. The molecule has 0 radical (unpaired) electrons. The number of rotatable bonds is 1. The molecule has 2 N–H and O–H groups in total. The number of nitrogens with zero attached hydrogens (tertiary/aromatic N) is 1. The Morgan fingerprint density at radius 2 is 1.94 bits per heavy atom. The summed E-state index contributed by atoms with van der Waals surface area (Å²) in [6, 6.07) is 5.36. The molecule has 2 aromatic rings. The van der Waals surface area contributed by atoms with Crippen molar-refractivity contribution in [3.05, 3.63) is 30.0 Å². The minimum Gasteiger partial charge on any atom is -0.497 e. The van der Waals surface area contributed by atoms with Crippen molar-refractivity contribution >= 4 is 16.6 Å². The topological polar surface area (TPSA) is 48.1 Å². The molecule has 0 bridgehead atoms. The highest BCUT2D eigenvalue weighted by molar-refractivity contribution is 5.91. The van der Waals surface area contributed by atoms with Crippen LogP contribution in [0.4, 0.5) is 18.9 Å². The zero-order valence-corrected chi connectivity index (χ0v) is 8.88. The molecule has 0 saturated carbocycles. The Morgan fingerprint density at radius 1 is 1.24 bits per heavy atom. The largest absolute Gasteiger partial charge is 0.497 e. The molecule has 0 atom stereocenters. The summed E-state index contributed by atoms with van der Waals surface area (Å²) in [6.07, 6.45) is -4.50. The van der Waals surface area contributed by atoms with Crippen molar-refractivity contribution in [2.75, 3.05) is 12.8 Å². The highest BCUT2D eigenvalue weighted by Gasteiger charge is 2.33. The van der Waals surface area contributed by atoms with Crippen LogP contribution in [0.2, 0.25) is 0 Å². The van der Waals surface area contributed by atoms with Crippen molar-refractivity contribution in [1.29, 1.82) is 0 Å². The number of ether oxygens (including phenoxy) is 1. The van der Waals surface area contributed by atoms with E-state index in [-0.39, 0.29) is 11.2 Å². The number of aromatic nitrogens is 1. The van der Waals surface area contributed by atoms with E-state index in [4.69, 9.17) is 10.5 Å². The third-order valence-electron chi connectivity index (χ3n) is 2.34. The summed E-state index contributed by atoms with van der Waals surface area (Å²) in [5.74, 6) is 0.519. The van der Waals surface area contributed by atoms with Crippen LogP contribution in [0.15, 0.2) is 24.3 Å². The summed E-state index contributed by atoms with van der Waals surface area (Å²) >= 11 is 0. The van der Waals surface area contributed by atoms with E-state index in [1.165, 1.54) is 19.2 Å². The Bertz CT molecular complexity index is 566. The maximum Gasteiger partial charge on any atom is 0.433 e. The van der Waals surface area contributed by atoms with E-state index in [9.17, 15) is 13.2 Å². The second-order valence-electron chi connectivity index (χ2n) is 3.48. The van der Waals surface area contributed by atoms with Crippen LogP contribution in [0.25, 0.3) is 10.9 Å². The van der Waals surface area contributed by atoms with Gasteiger partial charge in [0.15, 0.2) is 0 Å². The fourth-order valence-electron chi connectivity index (χ4n) is 1.50. The number of pyridine rings is 1. The third-order valence-corrected chi connectivity index (χ3v) is 2.34. The van der Waals surface area contributed by atoms with Crippen molar-refractivity contribution in [1.82, 2.24) is 4.98 Å². The zero-order valence-electron chi connectivity index (χ0n) is 8.88. The molecule has 2 rings (SSSR count). The molecule has 1 aromatic heterocycles. The van der Waals surface area contributed by atoms with Crippen molar-refractivity contribution < 1.29 is 17.9 Å². The van der Waals surface area contributed by atoms with Crippen LogP contribution in [0.3, 0.4) is 0 Å². The minimum atomic E-state index is -4.50. The monoisotopic (exact) mass is 242 g/mol. The molecule has 0 saturated heterocycles. The van der Waals surface area contributed by atoms with Crippen LogP contribution in [-0.4, -0.2) is 12.1 Å². The summed E-state index contributed by atoms with van der Waals surface area (Å²) < 4.78 is 42.5. The first-order valence-electron chi connectivity index (χ1n) is 4.73. The fraction of sp³-hybridized carbons (Fsp3) is 0.182. The van der Waals surface area contributed by atoms with E-state index < -0.39 is 11.9 Å². The second-order valence-corrected chi connectivity index (χ2v) is 3.48. The molecular weight excluding hydrogens is 233 g/mol. The molecule has 17 heavy (non-hydrogen) atoms. The molecule has 1 heterocycles. The van der Waals surface area contributed by atoms with Gasteiger partial charge in [0.25, 0.3) is 0 Å². The van der Waals surface area contributed by atoms with Crippen molar-refractivity contribution in [2.45, 2.75) is 6.18 Å². The van der Waals surface area contributed by atoms with Gasteiger partial charge in [0.05, 0.1) is 12.6 Å². The second kappa shape index (κ2) is 3.80. The van der Waals surface area contributed by atoms with Gasteiger partial charge in [0.2, 0.25) is 0 Å². The van der Waals surface area contributed by atoms with E-state index in [2.05, 4.69) is 4.98 Å². The number of hydrogen-bond donors (Lipinski definition) is 1. The van der Waals surface area contributed by atoms with Crippen molar-refractivity contribution in [2.24, 2.45) is 0 Å². The lowest BCUT2D eigenvalue weighted by atomic mass is 10.1. The molecule has 0 unspecified atom stereocenters. The molecule has 0 amide bonds. The number of anilines is 1. The molecular formula is C11H9F3N2O. The highest BCUT2D eigenvalue weighted by atomic mass is 19.4. The van der Waals surface area contributed by atoms with Gasteiger partial charge in [-0.3, -0.25) is 0 Å². The van der Waals surface area contributed by atoms with Crippen LogP contribution < -0.4 is 10.5 Å². The number of fused-ring (bicyclic) bond motifs is 1. The molecule has 1 aromatic carbocycles. The number of methoxy groups -OCH3 is 1. The number of nitrogens with two attached hydrogens (primary N) is 1. The van der Waals surface area contributed by atoms with Gasteiger partial charge in [0, 0.05) is 11.1 Å². The van der Waals surface area contributed by atoms with E-state index in [0.717, 1.165) is 6.07 Å². The Kier molecular flexibility index (Phi) is 2.57. The molecule has 90 valence electrons. The van der Waals surface area contributed by atoms with Crippen LogP contribution in [0.1, 0.15) is 5.69 Å². The van der Waals surface area contributed by atoms with Gasteiger partial charge in [-0.2, -0.15) is 13.2 Å². The summed E-state index contributed by atoms with van der Waals surface area (Å²) in [5, 5.41) is 0.442. The van der Waals surface area contributed by atoms with Gasteiger partial charge in [-0.05, 0) is 24.3 Å². The molecule has 0 fully saturated rings. The average molecular weight is 242 g/mol. The standard InChI is InChI=1S/C11H9F3N2O/c1-17-6-2-3-9-7(4-6)8(15)5-10(16-9)11(12,13)14/h2-5H,1H3,(H2,15,16). The van der Waals surface area contributed by atoms with Crippen LogP contribution in [-0.2, 0) is 6.18 Å². The Hall–Kier alpha value is -1.98. The predicted octanol–water partition coefficient (Wildman–Crippen LogP) is 2.84. The van der Waals surface area contributed by atoms with Crippen LogP contribution in [0, 0.1) is 0 Å². The van der Waals surface area contributed by atoms with Gasteiger partial charge < -0.3 is 10.5 Å².